The molecule has 0 fully saturated rings. The summed E-state index contributed by atoms with van der Waals surface area (Å²) in [5.74, 6) is 1.39. The Bertz CT molecular complexity index is 1080. The average Bonchev–Trinajstić information content (AvgIpc) is 3.23. The molecule has 0 spiro atoms. The first-order valence-electron chi connectivity index (χ1n) is 9.91. The van der Waals surface area contributed by atoms with Gasteiger partial charge < -0.3 is 10.2 Å². The number of fused-ring (bicyclic) bond motifs is 2. The minimum absolute atomic E-state index is 0.0261. The summed E-state index contributed by atoms with van der Waals surface area (Å²) in [7, 11) is 3.80. The van der Waals surface area contributed by atoms with Crippen LogP contribution in [0.4, 0.5) is 5.82 Å². The molecule has 0 aliphatic heterocycles. The molecule has 1 N–H and O–H groups in total. The van der Waals surface area contributed by atoms with Crippen molar-refractivity contribution in [2.24, 2.45) is 7.05 Å². The third-order valence-corrected chi connectivity index (χ3v) is 4.90. The molecular weight excluding hydrogens is 366 g/mol. The first-order valence-corrected chi connectivity index (χ1v) is 9.91. The number of aromatic nitrogens is 5. The van der Waals surface area contributed by atoms with Gasteiger partial charge in [-0.1, -0.05) is 0 Å². The fourth-order valence-electron chi connectivity index (χ4n) is 3.76. The molecule has 8 heteroatoms. The topological polar surface area (TPSA) is 88.8 Å². The van der Waals surface area contributed by atoms with E-state index in [-0.39, 0.29) is 18.0 Å². The van der Waals surface area contributed by atoms with Crippen LogP contribution >= 0.6 is 0 Å². The van der Waals surface area contributed by atoms with Crippen LogP contribution in [0.15, 0.2) is 18.5 Å². The maximum atomic E-state index is 12.4. The zero-order chi connectivity index (χ0) is 20.8. The van der Waals surface area contributed by atoms with Crippen LogP contribution in [0.2, 0.25) is 0 Å². The molecule has 1 aliphatic rings. The lowest BCUT2D eigenvalue weighted by molar-refractivity contribution is -0.121. The number of aryl methyl sites for hydroxylation is 2. The minimum atomic E-state index is -0.264. The Hall–Kier alpha value is -3.03. The Morgan fingerprint density at radius 2 is 2.07 bits per heavy atom. The summed E-state index contributed by atoms with van der Waals surface area (Å²) in [6, 6.07) is 1.97. The van der Waals surface area contributed by atoms with Crippen molar-refractivity contribution < 1.29 is 4.79 Å². The molecular formula is C21H27N7O. The van der Waals surface area contributed by atoms with Crippen LogP contribution in [-0.4, -0.2) is 49.8 Å². The van der Waals surface area contributed by atoms with Crippen LogP contribution in [0, 0.1) is 0 Å². The van der Waals surface area contributed by atoms with Crippen molar-refractivity contribution in [1.29, 1.82) is 0 Å². The van der Waals surface area contributed by atoms with Crippen molar-refractivity contribution in [3.05, 3.63) is 29.7 Å². The van der Waals surface area contributed by atoms with Gasteiger partial charge in [-0.2, -0.15) is 5.10 Å². The predicted octanol–water partition coefficient (Wildman–Crippen LogP) is 2.26. The molecule has 0 saturated heterocycles. The fraction of sp³-hybridized carbons (Fsp3) is 0.476. The lowest BCUT2D eigenvalue weighted by Crippen LogP contribution is -2.45. The number of carbonyl (C=O) groups excluding carboxylic acids is 1. The molecule has 3 aromatic rings. The van der Waals surface area contributed by atoms with Crippen LogP contribution in [-0.2, 0) is 24.7 Å². The number of nitrogens with zero attached hydrogens (tertiary/aromatic N) is 6. The number of nitrogens with one attached hydrogen (secondary N) is 1. The highest BCUT2D eigenvalue weighted by Crippen LogP contribution is 2.31. The molecule has 1 amide bonds. The molecule has 3 aromatic heterocycles. The summed E-state index contributed by atoms with van der Waals surface area (Å²) in [5, 5.41) is 8.39. The monoisotopic (exact) mass is 393 g/mol. The van der Waals surface area contributed by atoms with Gasteiger partial charge in [0.1, 0.15) is 17.0 Å². The quantitative estimate of drug-likeness (QED) is 0.731. The van der Waals surface area contributed by atoms with E-state index in [9.17, 15) is 4.79 Å². The fourth-order valence-corrected chi connectivity index (χ4v) is 3.76. The molecule has 0 radical (unpaired) electrons. The lowest BCUT2D eigenvalue weighted by Gasteiger charge is -2.25. The van der Waals surface area contributed by atoms with Crippen molar-refractivity contribution >= 4 is 22.6 Å². The van der Waals surface area contributed by atoms with Gasteiger partial charge in [0.05, 0.1) is 12.7 Å². The summed E-state index contributed by atoms with van der Waals surface area (Å²) in [6.07, 6.45) is 6.62. The van der Waals surface area contributed by atoms with Crippen LogP contribution in [0.25, 0.3) is 22.4 Å². The second-order valence-electron chi connectivity index (χ2n) is 8.73. The van der Waals surface area contributed by atoms with Crippen molar-refractivity contribution in [1.82, 2.24) is 30.0 Å². The molecule has 0 aromatic carbocycles. The molecule has 0 atom stereocenters. The molecule has 3 heterocycles. The Labute approximate surface area is 170 Å². The zero-order valence-corrected chi connectivity index (χ0v) is 17.7. The highest BCUT2D eigenvalue weighted by molar-refractivity contribution is 5.82. The standard InChI is InChI=1S/C21H27N7O/c1-21(2,3)25-18(29)12-27(4)20-14-7-6-8-15(14)23-19(24-20)16-9-13-11-28(5)26-17(13)10-22-16/h9-11H,6-8,12H2,1-5H3,(H,25,29). The van der Waals surface area contributed by atoms with E-state index in [4.69, 9.17) is 9.97 Å². The number of rotatable bonds is 4. The van der Waals surface area contributed by atoms with Gasteiger partial charge in [-0.3, -0.25) is 14.5 Å². The largest absolute Gasteiger partial charge is 0.350 e. The number of hydrogen-bond donors (Lipinski definition) is 1. The summed E-state index contributed by atoms with van der Waals surface area (Å²) < 4.78 is 1.77. The van der Waals surface area contributed by atoms with E-state index >= 15 is 0 Å². The summed E-state index contributed by atoms with van der Waals surface area (Å²) in [6.45, 7) is 6.18. The van der Waals surface area contributed by atoms with Gasteiger partial charge in [0, 0.05) is 42.5 Å². The SMILES string of the molecule is CN(CC(=O)NC(C)(C)C)c1nc(-c2cc3cn(C)nc3cn2)nc2c1CCC2. The molecule has 0 unspecified atom stereocenters. The first kappa shape index (κ1) is 19.3. The third-order valence-electron chi connectivity index (χ3n) is 4.90. The minimum Gasteiger partial charge on any atom is -0.350 e. The van der Waals surface area contributed by atoms with Gasteiger partial charge in [-0.05, 0) is 46.1 Å². The predicted molar refractivity (Wildman–Crippen MR) is 113 cm³/mol. The van der Waals surface area contributed by atoms with E-state index in [0.29, 0.717) is 11.5 Å². The maximum absolute atomic E-state index is 12.4. The molecule has 4 rings (SSSR count). The zero-order valence-electron chi connectivity index (χ0n) is 17.7. The van der Waals surface area contributed by atoms with E-state index in [2.05, 4.69) is 15.4 Å². The maximum Gasteiger partial charge on any atom is 0.239 e. The van der Waals surface area contributed by atoms with Crippen molar-refractivity contribution in [2.75, 3.05) is 18.5 Å². The second kappa shape index (κ2) is 7.09. The Kier molecular flexibility index (Phi) is 4.72. The van der Waals surface area contributed by atoms with E-state index in [1.807, 2.05) is 52.0 Å². The van der Waals surface area contributed by atoms with Crippen molar-refractivity contribution in [3.63, 3.8) is 0 Å². The highest BCUT2D eigenvalue weighted by Gasteiger charge is 2.24. The molecule has 1 aliphatic carbocycles. The van der Waals surface area contributed by atoms with Crippen LogP contribution < -0.4 is 10.2 Å². The van der Waals surface area contributed by atoms with Gasteiger partial charge >= 0.3 is 0 Å². The number of hydrogen-bond acceptors (Lipinski definition) is 6. The number of carbonyl (C=O) groups is 1. The molecule has 29 heavy (non-hydrogen) atoms. The number of amides is 1. The van der Waals surface area contributed by atoms with Crippen LogP contribution in [0.5, 0.6) is 0 Å². The Balaban J connectivity index is 1.69. The van der Waals surface area contributed by atoms with Crippen LogP contribution in [0.1, 0.15) is 38.4 Å². The van der Waals surface area contributed by atoms with Gasteiger partial charge in [-0.15, -0.1) is 0 Å². The normalized spacial score (nSPS) is 13.6. The first-order chi connectivity index (χ1) is 13.7. The van der Waals surface area contributed by atoms with E-state index in [1.54, 1.807) is 10.9 Å². The van der Waals surface area contributed by atoms with E-state index < -0.39 is 0 Å². The van der Waals surface area contributed by atoms with Gasteiger partial charge in [0.2, 0.25) is 5.91 Å². The Morgan fingerprint density at radius 1 is 1.28 bits per heavy atom. The van der Waals surface area contributed by atoms with Crippen molar-refractivity contribution in [3.8, 4) is 11.5 Å². The average molecular weight is 393 g/mol. The Morgan fingerprint density at radius 3 is 2.83 bits per heavy atom. The highest BCUT2D eigenvalue weighted by atomic mass is 16.2. The molecule has 8 nitrogen and oxygen atoms in total. The summed E-state index contributed by atoms with van der Waals surface area (Å²) in [5.41, 5.74) is 3.49. The van der Waals surface area contributed by atoms with E-state index in [0.717, 1.165) is 47.2 Å². The number of pyridine rings is 1. The summed E-state index contributed by atoms with van der Waals surface area (Å²) in [4.78, 5) is 28.5. The second-order valence-corrected chi connectivity index (χ2v) is 8.73. The van der Waals surface area contributed by atoms with Gasteiger partial charge in [-0.25, -0.2) is 9.97 Å². The molecule has 0 bridgehead atoms. The van der Waals surface area contributed by atoms with E-state index in [1.165, 1.54) is 0 Å². The van der Waals surface area contributed by atoms with Crippen molar-refractivity contribution in [2.45, 2.75) is 45.6 Å². The summed E-state index contributed by atoms with van der Waals surface area (Å²) >= 11 is 0. The molecule has 152 valence electrons. The number of likely N-dealkylation sites (N-methyl/N-ethyl adjacent to an activating group) is 1. The lowest BCUT2D eigenvalue weighted by atomic mass is 10.1. The molecule has 0 saturated carbocycles. The smallest absolute Gasteiger partial charge is 0.239 e. The van der Waals surface area contributed by atoms with Gasteiger partial charge in [0.25, 0.3) is 0 Å². The van der Waals surface area contributed by atoms with Crippen LogP contribution in [0.3, 0.4) is 0 Å². The van der Waals surface area contributed by atoms with Gasteiger partial charge in [0.15, 0.2) is 5.82 Å². The third kappa shape index (κ3) is 4.06. The number of anilines is 1.